The summed E-state index contributed by atoms with van der Waals surface area (Å²) < 4.78 is 27.6. The average Bonchev–Trinajstić information content (AvgIpc) is 2.88. The molecule has 2 aromatic carbocycles. The molecule has 0 bridgehead atoms. The Labute approximate surface area is 228 Å². The summed E-state index contributed by atoms with van der Waals surface area (Å²) in [7, 11) is 0. The number of rotatable bonds is 13. The molecule has 0 unspecified atom stereocenters. The summed E-state index contributed by atoms with van der Waals surface area (Å²) in [5, 5.41) is 16.8. The van der Waals surface area contributed by atoms with E-state index in [0.29, 0.717) is 19.5 Å². The van der Waals surface area contributed by atoms with E-state index in [1.165, 1.54) is 15.4 Å². The third-order valence-electron chi connectivity index (χ3n) is 6.85. The highest BCUT2D eigenvalue weighted by Gasteiger charge is 2.37. The number of piperazine rings is 1. The fourth-order valence-corrected chi connectivity index (χ4v) is 4.80. The van der Waals surface area contributed by atoms with E-state index in [0.717, 1.165) is 30.2 Å². The molecule has 8 nitrogen and oxygen atoms in total. The second-order valence-corrected chi connectivity index (χ2v) is 9.98. The molecule has 2 aromatic rings. The van der Waals surface area contributed by atoms with E-state index in [1.54, 1.807) is 6.92 Å². The summed E-state index contributed by atoms with van der Waals surface area (Å²) in [6.45, 7) is 6.07. The lowest BCUT2D eigenvalue weighted by atomic mass is 10.0. The van der Waals surface area contributed by atoms with Gasteiger partial charge in [-0.3, -0.25) is 14.4 Å². The Bertz CT molecular complexity index is 1140. The Morgan fingerprint density at radius 3 is 2.44 bits per heavy atom. The lowest BCUT2D eigenvalue weighted by molar-refractivity contribution is -0.156. The standard InChI is InChI=1S/C29H38F2N4O4/c1-4-9-35-19(3)29(39)34(18-28(35)38)17-27(37)33-25(13-22-11-23(30)14-24(31)12-22)26(36)16-32-15-21-8-6-7-20(5-2)10-21/h6-8,10-12,14,19,25-26,32,36H,4-5,9,13,15-18H2,1-3H3,(H,33,37)/t19-,25-,26-/m0/s1. The van der Waals surface area contributed by atoms with Crippen LogP contribution in [0.25, 0.3) is 0 Å². The number of hydrogen-bond donors (Lipinski definition) is 3. The van der Waals surface area contributed by atoms with Crippen molar-refractivity contribution in [1.29, 1.82) is 0 Å². The zero-order valence-corrected chi connectivity index (χ0v) is 22.8. The van der Waals surface area contributed by atoms with Crippen LogP contribution in [-0.4, -0.2) is 77.0 Å². The molecule has 1 aliphatic rings. The molecule has 3 N–H and O–H groups in total. The second kappa shape index (κ2) is 14.1. The van der Waals surface area contributed by atoms with Crippen molar-refractivity contribution in [3.05, 3.63) is 70.8 Å². The van der Waals surface area contributed by atoms with E-state index < -0.39 is 35.7 Å². The Morgan fingerprint density at radius 2 is 1.77 bits per heavy atom. The van der Waals surface area contributed by atoms with Crippen molar-refractivity contribution in [2.24, 2.45) is 0 Å². The number of carbonyl (C=O) groups is 3. The van der Waals surface area contributed by atoms with E-state index in [9.17, 15) is 28.3 Å². The summed E-state index contributed by atoms with van der Waals surface area (Å²) in [6, 6.07) is 9.49. The molecule has 212 valence electrons. The van der Waals surface area contributed by atoms with Crippen LogP contribution < -0.4 is 10.6 Å². The SMILES string of the molecule is CCCN1C(=O)CN(CC(=O)N[C@@H](Cc2cc(F)cc(F)c2)[C@@H](O)CNCc2cccc(CC)c2)C(=O)[C@@H]1C. The number of aliphatic hydroxyl groups is 1. The highest BCUT2D eigenvalue weighted by atomic mass is 19.1. The van der Waals surface area contributed by atoms with Gasteiger partial charge in [-0.05, 0) is 55.0 Å². The predicted octanol–water partition coefficient (Wildman–Crippen LogP) is 2.17. The number of benzene rings is 2. The maximum Gasteiger partial charge on any atom is 0.246 e. The Balaban J connectivity index is 1.67. The summed E-state index contributed by atoms with van der Waals surface area (Å²) in [5.74, 6) is -2.68. The maximum atomic E-state index is 13.8. The molecule has 0 aromatic heterocycles. The monoisotopic (exact) mass is 544 g/mol. The molecule has 10 heteroatoms. The zero-order chi connectivity index (χ0) is 28.5. The van der Waals surface area contributed by atoms with Gasteiger partial charge in [-0.2, -0.15) is 0 Å². The normalized spacial score (nSPS) is 17.3. The summed E-state index contributed by atoms with van der Waals surface area (Å²) >= 11 is 0. The van der Waals surface area contributed by atoms with Crippen LogP contribution in [-0.2, 0) is 33.8 Å². The van der Waals surface area contributed by atoms with Gasteiger partial charge in [0.05, 0.1) is 12.1 Å². The van der Waals surface area contributed by atoms with Gasteiger partial charge in [-0.25, -0.2) is 8.78 Å². The molecule has 0 radical (unpaired) electrons. The molecular weight excluding hydrogens is 506 g/mol. The number of halogens is 2. The summed E-state index contributed by atoms with van der Waals surface area (Å²) in [4.78, 5) is 41.0. The van der Waals surface area contributed by atoms with Crippen molar-refractivity contribution in [2.45, 2.75) is 64.8 Å². The van der Waals surface area contributed by atoms with Crippen molar-refractivity contribution < 1.29 is 28.3 Å². The fraction of sp³-hybridized carbons (Fsp3) is 0.483. The largest absolute Gasteiger partial charge is 0.390 e. The number of hydrogen-bond acceptors (Lipinski definition) is 5. The Kier molecular flexibility index (Phi) is 10.9. The number of nitrogens with one attached hydrogen (secondary N) is 2. The number of aliphatic hydroxyl groups excluding tert-OH is 1. The first-order valence-electron chi connectivity index (χ1n) is 13.4. The molecule has 1 saturated heterocycles. The zero-order valence-electron chi connectivity index (χ0n) is 22.8. The van der Waals surface area contributed by atoms with Gasteiger partial charge in [-0.1, -0.05) is 38.1 Å². The first-order chi connectivity index (χ1) is 18.6. The lowest BCUT2D eigenvalue weighted by Crippen LogP contribution is -2.61. The first kappa shape index (κ1) is 30.2. The van der Waals surface area contributed by atoms with Crippen molar-refractivity contribution in [3.63, 3.8) is 0 Å². The molecule has 0 saturated carbocycles. The molecule has 1 fully saturated rings. The number of amides is 3. The van der Waals surface area contributed by atoms with Crippen LogP contribution in [0.1, 0.15) is 43.9 Å². The minimum atomic E-state index is -1.10. The van der Waals surface area contributed by atoms with Crippen molar-refractivity contribution in [2.75, 3.05) is 26.2 Å². The Morgan fingerprint density at radius 1 is 1.08 bits per heavy atom. The molecule has 3 amide bonds. The number of nitrogens with zero attached hydrogens (tertiary/aromatic N) is 2. The van der Waals surface area contributed by atoms with Gasteiger partial charge in [-0.15, -0.1) is 0 Å². The second-order valence-electron chi connectivity index (χ2n) is 9.98. The van der Waals surface area contributed by atoms with Gasteiger partial charge in [0.2, 0.25) is 17.7 Å². The van der Waals surface area contributed by atoms with Crippen LogP contribution in [0.2, 0.25) is 0 Å². The summed E-state index contributed by atoms with van der Waals surface area (Å²) in [5.41, 5.74) is 2.49. The van der Waals surface area contributed by atoms with Crippen LogP contribution in [0, 0.1) is 11.6 Å². The topological polar surface area (TPSA) is 102 Å². The first-order valence-corrected chi connectivity index (χ1v) is 13.4. The Hall–Kier alpha value is -3.37. The third kappa shape index (κ3) is 8.56. The highest BCUT2D eigenvalue weighted by Crippen LogP contribution is 2.15. The van der Waals surface area contributed by atoms with Crippen molar-refractivity contribution >= 4 is 17.7 Å². The smallest absolute Gasteiger partial charge is 0.246 e. The lowest BCUT2D eigenvalue weighted by Gasteiger charge is -2.38. The van der Waals surface area contributed by atoms with Crippen LogP contribution in [0.15, 0.2) is 42.5 Å². The van der Waals surface area contributed by atoms with Crippen LogP contribution in [0.5, 0.6) is 0 Å². The van der Waals surface area contributed by atoms with Gasteiger partial charge in [0.25, 0.3) is 0 Å². The fourth-order valence-electron chi connectivity index (χ4n) is 4.80. The average molecular weight is 545 g/mol. The van der Waals surface area contributed by atoms with E-state index in [4.69, 9.17) is 0 Å². The van der Waals surface area contributed by atoms with Crippen LogP contribution in [0.4, 0.5) is 8.78 Å². The van der Waals surface area contributed by atoms with Gasteiger partial charge in [0.1, 0.15) is 30.8 Å². The van der Waals surface area contributed by atoms with Gasteiger partial charge in [0.15, 0.2) is 0 Å². The molecule has 0 aliphatic carbocycles. The molecule has 1 aliphatic heterocycles. The van der Waals surface area contributed by atoms with Crippen molar-refractivity contribution in [3.8, 4) is 0 Å². The predicted molar refractivity (Wildman–Crippen MR) is 144 cm³/mol. The van der Waals surface area contributed by atoms with Crippen LogP contribution >= 0.6 is 0 Å². The van der Waals surface area contributed by atoms with Gasteiger partial charge in [0, 0.05) is 25.7 Å². The molecule has 1 heterocycles. The van der Waals surface area contributed by atoms with E-state index >= 15 is 0 Å². The van der Waals surface area contributed by atoms with Crippen LogP contribution in [0.3, 0.4) is 0 Å². The molecular formula is C29H38F2N4O4. The highest BCUT2D eigenvalue weighted by molar-refractivity contribution is 5.96. The van der Waals surface area contributed by atoms with Gasteiger partial charge >= 0.3 is 0 Å². The minimum Gasteiger partial charge on any atom is -0.390 e. The number of carbonyl (C=O) groups excluding carboxylic acids is 3. The molecule has 3 atom stereocenters. The quantitative estimate of drug-likeness (QED) is 0.359. The maximum absolute atomic E-state index is 13.8. The third-order valence-corrected chi connectivity index (χ3v) is 6.85. The summed E-state index contributed by atoms with van der Waals surface area (Å²) in [6.07, 6.45) is 0.465. The van der Waals surface area contributed by atoms with Crippen molar-refractivity contribution in [1.82, 2.24) is 20.4 Å². The number of aryl methyl sites for hydroxylation is 1. The van der Waals surface area contributed by atoms with Gasteiger partial charge < -0.3 is 25.5 Å². The van der Waals surface area contributed by atoms with E-state index in [1.807, 2.05) is 25.1 Å². The van der Waals surface area contributed by atoms with E-state index in [2.05, 4.69) is 23.6 Å². The molecule has 39 heavy (non-hydrogen) atoms. The minimum absolute atomic E-state index is 0.0395. The van der Waals surface area contributed by atoms with E-state index in [-0.39, 0.29) is 43.4 Å². The molecule has 3 rings (SSSR count). The molecule has 0 spiro atoms.